The molecule has 1 saturated carbocycles. The van der Waals surface area contributed by atoms with Gasteiger partial charge in [0.2, 0.25) is 0 Å². The number of hydrogen-bond donors (Lipinski definition) is 2. The Kier molecular flexibility index (Phi) is 6.91. The van der Waals surface area contributed by atoms with Crippen molar-refractivity contribution in [2.24, 2.45) is 5.92 Å². The molecule has 0 bridgehead atoms. The van der Waals surface area contributed by atoms with Gasteiger partial charge >= 0.3 is 6.03 Å². The van der Waals surface area contributed by atoms with E-state index in [-0.39, 0.29) is 11.5 Å². The largest absolute Gasteiger partial charge is 0.331 e. The van der Waals surface area contributed by atoms with Gasteiger partial charge in [0.15, 0.2) is 0 Å². The fourth-order valence-electron chi connectivity index (χ4n) is 5.65. The van der Waals surface area contributed by atoms with Crippen molar-refractivity contribution in [2.75, 3.05) is 16.8 Å². The van der Waals surface area contributed by atoms with Crippen molar-refractivity contribution in [1.29, 1.82) is 5.26 Å². The van der Waals surface area contributed by atoms with Gasteiger partial charge in [0.05, 0.1) is 28.1 Å². The van der Waals surface area contributed by atoms with Crippen molar-refractivity contribution < 1.29 is 14.4 Å². The third-order valence-electron chi connectivity index (χ3n) is 8.06. The Labute approximate surface area is 257 Å². The summed E-state index contributed by atoms with van der Waals surface area (Å²) >= 11 is 1.20. The van der Waals surface area contributed by atoms with E-state index in [9.17, 15) is 19.6 Å². The minimum Gasteiger partial charge on any atom is -0.323 e. The van der Waals surface area contributed by atoms with Gasteiger partial charge in [-0.05, 0) is 56.7 Å². The van der Waals surface area contributed by atoms with E-state index in [1.807, 2.05) is 36.4 Å². The van der Waals surface area contributed by atoms with Crippen molar-refractivity contribution in [2.45, 2.75) is 32.6 Å². The smallest absolute Gasteiger partial charge is 0.323 e. The molecule has 0 spiro atoms. The van der Waals surface area contributed by atoms with Crippen molar-refractivity contribution in [1.82, 2.24) is 20.2 Å². The van der Waals surface area contributed by atoms with Gasteiger partial charge in [-0.15, -0.1) is 11.3 Å². The summed E-state index contributed by atoms with van der Waals surface area (Å²) in [5, 5.41) is 16.2. The first-order valence-corrected chi connectivity index (χ1v) is 15.2. The van der Waals surface area contributed by atoms with Crippen LogP contribution in [0.4, 0.5) is 21.9 Å². The second kappa shape index (κ2) is 11.1. The number of carbonyl (C=O) groups excluding carboxylic acids is 3. The first kappa shape index (κ1) is 27.5. The number of urea groups is 1. The third kappa shape index (κ3) is 4.89. The lowest BCUT2D eigenvalue weighted by molar-refractivity contribution is -0.125. The molecule has 44 heavy (non-hydrogen) atoms. The number of amides is 4. The Morgan fingerprint density at radius 1 is 1.14 bits per heavy atom. The number of nitrogens with zero attached hydrogens (tertiary/aromatic N) is 5. The standard InChI is InChI=1S/C33H27N7O3S/c1-19-24(8-5-15-39(19)32(42)22(18-34)16-20-9-10-20)37-30(41)29-28-27-26(12-14-36-31(27)44-29)40(33(43)38-28)23-11-13-35-25(17-23)21-6-3-2-4-7-21/h2-4,6-7,11-14,16-17,20H,5,8-10,15H2,1H3,(H,37,41)(H,38,43)/b22-16+. The fraction of sp³-hybridized carbons (Fsp3) is 0.212. The summed E-state index contributed by atoms with van der Waals surface area (Å²) in [6.45, 7) is 2.26. The van der Waals surface area contributed by atoms with Crippen LogP contribution < -0.4 is 15.5 Å². The molecule has 0 saturated heterocycles. The SMILES string of the molecule is CC1=C(NC(=O)c2sc3nccc4c3c2NC(=O)N4c2ccnc(-c3ccccc3)c2)CCCN1C(=O)/C(C#N)=C/C1CC1. The first-order chi connectivity index (χ1) is 21.4. The molecule has 1 aromatic carbocycles. The van der Waals surface area contributed by atoms with Crippen LogP contribution in [0, 0.1) is 17.2 Å². The Hall–Kier alpha value is -5.34. The molecule has 2 N–H and O–H groups in total. The number of pyridine rings is 2. The Bertz CT molecular complexity index is 1950. The monoisotopic (exact) mass is 601 g/mol. The van der Waals surface area contributed by atoms with Gasteiger partial charge in [-0.1, -0.05) is 36.4 Å². The molecule has 2 aliphatic heterocycles. The number of hydrogen-bond acceptors (Lipinski definition) is 7. The zero-order valence-electron chi connectivity index (χ0n) is 23.8. The van der Waals surface area contributed by atoms with Crippen LogP contribution in [0.3, 0.4) is 0 Å². The predicted molar refractivity (Wildman–Crippen MR) is 168 cm³/mol. The average molecular weight is 602 g/mol. The predicted octanol–water partition coefficient (Wildman–Crippen LogP) is 6.49. The van der Waals surface area contributed by atoms with E-state index in [0.717, 1.165) is 24.1 Å². The molecule has 0 unspecified atom stereocenters. The maximum absolute atomic E-state index is 13.7. The number of aromatic nitrogens is 2. The van der Waals surface area contributed by atoms with Crippen LogP contribution in [0.1, 0.15) is 42.3 Å². The average Bonchev–Trinajstić information content (AvgIpc) is 3.80. The minimum absolute atomic E-state index is 0.143. The van der Waals surface area contributed by atoms with Gasteiger partial charge in [0.1, 0.15) is 21.3 Å². The van der Waals surface area contributed by atoms with E-state index in [0.29, 0.717) is 68.9 Å². The van der Waals surface area contributed by atoms with Crippen LogP contribution in [0.2, 0.25) is 0 Å². The molecule has 10 nitrogen and oxygen atoms in total. The van der Waals surface area contributed by atoms with E-state index in [4.69, 9.17) is 0 Å². The molecule has 4 aromatic rings. The number of anilines is 3. The molecule has 5 heterocycles. The summed E-state index contributed by atoms with van der Waals surface area (Å²) in [7, 11) is 0. The van der Waals surface area contributed by atoms with Gasteiger partial charge in [0.25, 0.3) is 11.8 Å². The molecule has 3 aliphatic rings. The van der Waals surface area contributed by atoms with Crippen molar-refractivity contribution >= 4 is 56.5 Å². The molecule has 0 radical (unpaired) electrons. The highest BCUT2D eigenvalue weighted by molar-refractivity contribution is 7.21. The summed E-state index contributed by atoms with van der Waals surface area (Å²) < 4.78 is 0. The van der Waals surface area contributed by atoms with Crippen LogP contribution in [0.25, 0.3) is 21.5 Å². The molecular formula is C33H27N7O3S. The highest BCUT2D eigenvalue weighted by Gasteiger charge is 2.34. The van der Waals surface area contributed by atoms with E-state index >= 15 is 0 Å². The summed E-state index contributed by atoms with van der Waals surface area (Å²) in [6.07, 6.45) is 8.27. The zero-order chi connectivity index (χ0) is 30.4. The van der Waals surface area contributed by atoms with E-state index < -0.39 is 11.9 Å². The zero-order valence-corrected chi connectivity index (χ0v) is 24.6. The maximum Gasteiger partial charge on any atom is 0.331 e. The minimum atomic E-state index is -0.404. The number of thiophene rings is 1. The van der Waals surface area contributed by atoms with Gasteiger partial charge in [-0.25, -0.2) is 9.78 Å². The molecule has 7 rings (SSSR count). The summed E-state index contributed by atoms with van der Waals surface area (Å²) in [6, 6.07) is 16.8. The highest BCUT2D eigenvalue weighted by Crippen LogP contribution is 2.46. The Morgan fingerprint density at radius 2 is 1.93 bits per heavy atom. The van der Waals surface area contributed by atoms with Crippen molar-refractivity contribution in [3.8, 4) is 17.3 Å². The number of benzene rings is 1. The number of carbonyl (C=O) groups is 3. The fourth-order valence-corrected chi connectivity index (χ4v) is 6.67. The Morgan fingerprint density at radius 3 is 2.70 bits per heavy atom. The molecular weight excluding hydrogens is 574 g/mol. The second-order valence-electron chi connectivity index (χ2n) is 11.0. The number of nitriles is 1. The van der Waals surface area contributed by atoms with Crippen LogP contribution >= 0.6 is 11.3 Å². The number of rotatable bonds is 6. The summed E-state index contributed by atoms with van der Waals surface area (Å²) in [5.74, 6) is -0.440. The number of nitrogens with one attached hydrogen (secondary N) is 2. The molecule has 3 aromatic heterocycles. The molecule has 11 heteroatoms. The van der Waals surface area contributed by atoms with Crippen LogP contribution in [0.5, 0.6) is 0 Å². The van der Waals surface area contributed by atoms with E-state index in [2.05, 4.69) is 26.7 Å². The van der Waals surface area contributed by atoms with Gasteiger partial charge in [0, 0.05) is 35.9 Å². The van der Waals surface area contributed by atoms with Crippen LogP contribution in [-0.4, -0.2) is 39.3 Å². The lowest BCUT2D eigenvalue weighted by Crippen LogP contribution is -2.38. The van der Waals surface area contributed by atoms with Crippen molar-refractivity contribution in [3.05, 3.63) is 88.8 Å². The second-order valence-corrected chi connectivity index (χ2v) is 12.0. The van der Waals surface area contributed by atoms with Crippen molar-refractivity contribution in [3.63, 3.8) is 0 Å². The molecule has 218 valence electrons. The maximum atomic E-state index is 13.7. The van der Waals surface area contributed by atoms with E-state index in [1.165, 1.54) is 11.3 Å². The van der Waals surface area contributed by atoms with Crippen LogP contribution in [-0.2, 0) is 4.79 Å². The molecule has 1 aliphatic carbocycles. The summed E-state index contributed by atoms with van der Waals surface area (Å²) in [5.41, 5.74) is 4.68. The molecule has 4 amide bonds. The quantitative estimate of drug-likeness (QED) is 0.192. The lowest BCUT2D eigenvalue weighted by Gasteiger charge is -2.30. The topological polar surface area (TPSA) is 131 Å². The van der Waals surface area contributed by atoms with Gasteiger partial charge in [-0.3, -0.25) is 19.5 Å². The third-order valence-corrected chi connectivity index (χ3v) is 9.15. The molecule has 1 fully saturated rings. The first-order valence-electron chi connectivity index (χ1n) is 14.4. The van der Waals surface area contributed by atoms with Gasteiger partial charge < -0.3 is 15.5 Å². The summed E-state index contributed by atoms with van der Waals surface area (Å²) in [4.78, 5) is 53.6. The van der Waals surface area contributed by atoms with E-state index in [1.54, 1.807) is 47.3 Å². The Balaban J connectivity index is 1.20. The lowest BCUT2D eigenvalue weighted by atomic mass is 10.1. The molecule has 0 atom stereocenters. The van der Waals surface area contributed by atoms with Crippen LogP contribution in [0.15, 0.2) is 84.0 Å². The van der Waals surface area contributed by atoms with Gasteiger partial charge in [-0.2, -0.15) is 5.26 Å². The normalized spacial score (nSPS) is 16.5. The highest BCUT2D eigenvalue weighted by atomic mass is 32.1. The number of allylic oxidation sites excluding steroid dienone is 3.